The Bertz CT molecular complexity index is 228. The quantitative estimate of drug-likeness (QED) is 0.738. The van der Waals surface area contributed by atoms with Gasteiger partial charge in [-0.1, -0.05) is 6.42 Å². The van der Waals surface area contributed by atoms with E-state index < -0.39 is 0 Å². The number of hydrogen-bond acceptors (Lipinski definition) is 3. The van der Waals surface area contributed by atoms with Crippen LogP contribution in [0.5, 0.6) is 0 Å². The molecular weight excluding hydrogens is 212 g/mol. The van der Waals surface area contributed by atoms with Crippen LogP contribution in [0.4, 0.5) is 0 Å². The van der Waals surface area contributed by atoms with Crippen molar-refractivity contribution >= 4 is 0 Å². The molecule has 3 heteroatoms. The zero-order chi connectivity index (χ0) is 12.3. The van der Waals surface area contributed by atoms with Crippen LogP contribution >= 0.6 is 0 Å². The molecular formula is C14H28N2O. The van der Waals surface area contributed by atoms with Crippen LogP contribution in [0, 0.1) is 11.8 Å². The minimum atomic E-state index is -0.0877. The molecule has 2 N–H and O–H groups in total. The number of nitrogens with zero attached hydrogens (tertiary/aromatic N) is 1. The van der Waals surface area contributed by atoms with Crippen molar-refractivity contribution in [2.45, 2.75) is 44.6 Å². The van der Waals surface area contributed by atoms with Gasteiger partial charge in [0.2, 0.25) is 0 Å². The van der Waals surface area contributed by atoms with Crippen molar-refractivity contribution in [3.8, 4) is 0 Å². The summed E-state index contributed by atoms with van der Waals surface area (Å²) in [6, 6.07) is 0. The van der Waals surface area contributed by atoms with Gasteiger partial charge < -0.3 is 15.3 Å². The van der Waals surface area contributed by atoms with Crippen LogP contribution in [0.25, 0.3) is 0 Å². The van der Waals surface area contributed by atoms with E-state index in [9.17, 15) is 5.11 Å². The summed E-state index contributed by atoms with van der Waals surface area (Å²) in [4.78, 5) is 2.64. The Balaban J connectivity index is 1.66. The van der Waals surface area contributed by atoms with Crippen molar-refractivity contribution in [3.63, 3.8) is 0 Å². The van der Waals surface area contributed by atoms with Crippen LogP contribution in [-0.4, -0.2) is 48.8 Å². The van der Waals surface area contributed by atoms with E-state index in [0.717, 1.165) is 18.3 Å². The third kappa shape index (κ3) is 3.21. The van der Waals surface area contributed by atoms with Gasteiger partial charge in [-0.25, -0.2) is 0 Å². The average molecular weight is 240 g/mol. The largest absolute Gasteiger partial charge is 0.394 e. The zero-order valence-corrected chi connectivity index (χ0v) is 11.4. The predicted molar refractivity (Wildman–Crippen MR) is 71.1 cm³/mol. The first-order chi connectivity index (χ1) is 8.17. The minimum Gasteiger partial charge on any atom is -0.394 e. The van der Waals surface area contributed by atoms with E-state index in [4.69, 9.17) is 0 Å². The number of fused-ring (bicyclic) bond motifs is 1. The molecule has 0 radical (unpaired) electrons. The van der Waals surface area contributed by atoms with Crippen LogP contribution in [0.1, 0.15) is 39.0 Å². The number of likely N-dealkylation sites (tertiary alicyclic amines) is 1. The Morgan fingerprint density at radius 1 is 1.29 bits per heavy atom. The second-order valence-corrected chi connectivity index (χ2v) is 6.28. The van der Waals surface area contributed by atoms with Crippen LogP contribution < -0.4 is 5.32 Å². The van der Waals surface area contributed by atoms with E-state index in [2.05, 4.69) is 17.1 Å². The molecule has 0 amide bonds. The molecule has 1 heterocycles. The smallest absolute Gasteiger partial charge is 0.0610 e. The lowest BCUT2D eigenvalue weighted by Gasteiger charge is -2.28. The van der Waals surface area contributed by atoms with E-state index in [0.29, 0.717) is 0 Å². The normalized spacial score (nSPS) is 32.6. The highest BCUT2D eigenvalue weighted by Crippen LogP contribution is 2.37. The van der Waals surface area contributed by atoms with Gasteiger partial charge in [0, 0.05) is 18.6 Å². The summed E-state index contributed by atoms with van der Waals surface area (Å²) in [5.41, 5.74) is -0.0877. The van der Waals surface area contributed by atoms with Gasteiger partial charge in [0.25, 0.3) is 0 Å². The molecule has 3 nitrogen and oxygen atoms in total. The Kier molecular flexibility index (Phi) is 4.45. The van der Waals surface area contributed by atoms with E-state index >= 15 is 0 Å². The highest BCUT2D eigenvalue weighted by atomic mass is 16.3. The lowest BCUT2D eigenvalue weighted by molar-refractivity contribution is 0.165. The molecule has 0 spiro atoms. The van der Waals surface area contributed by atoms with Gasteiger partial charge in [0.15, 0.2) is 0 Å². The SMILES string of the molecule is CNC(C)(CO)CCCN1CC2CCCC2C1. The molecule has 1 aliphatic carbocycles. The van der Waals surface area contributed by atoms with Crippen molar-refractivity contribution in [2.24, 2.45) is 11.8 Å². The first-order valence-corrected chi connectivity index (χ1v) is 7.19. The van der Waals surface area contributed by atoms with Gasteiger partial charge >= 0.3 is 0 Å². The first kappa shape index (κ1) is 13.3. The molecule has 100 valence electrons. The summed E-state index contributed by atoms with van der Waals surface area (Å²) < 4.78 is 0. The molecule has 2 fully saturated rings. The summed E-state index contributed by atoms with van der Waals surface area (Å²) in [5.74, 6) is 2.01. The highest BCUT2D eigenvalue weighted by Gasteiger charge is 2.35. The fourth-order valence-electron chi connectivity index (χ4n) is 3.49. The van der Waals surface area contributed by atoms with Gasteiger partial charge in [-0.15, -0.1) is 0 Å². The van der Waals surface area contributed by atoms with Crippen molar-refractivity contribution in [2.75, 3.05) is 33.3 Å². The maximum absolute atomic E-state index is 9.33. The number of aliphatic hydroxyl groups excluding tert-OH is 1. The Hall–Kier alpha value is -0.120. The summed E-state index contributed by atoms with van der Waals surface area (Å²) >= 11 is 0. The van der Waals surface area contributed by atoms with Crippen LogP contribution in [0.15, 0.2) is 0 Å². The van der Waals surface area contributed by atoms with Crippen molar-refractivity contribution in [3.05, 3.63) is 0 Å². The third-order valence-electron chi connectivity index (χ3n) is 4.96. The average Bonchev–Trinajstić information content (AvgIpc) is 2.89. The van der Waals surface area contributed by atoms with Crippen LogP contribution in [-0.2, 0) is 0 Å². The molecule has 0 aromatic carbocycles. The lowest BCUT2D eigenvalue weighted by Crippen LogP contribution is -2.43. The van der Waals surface area contributed by atoms with Crippen molar-refractivity contribution < 1.29 is 5.11 Å². The highest BCUT2D eigenvalue weighted by molar-refractivity contribution is 4.89. The second-order valence-electron chi connectivity index (χ2n) is 6.28. The summed E-state index contributed by atoms with van der Waals surface area (Å²) in [7, 11) is 1.94. The fraction of sp³-hybridized carbons (Fsp3) is 1.00. The van der Waals surface area contributed by atoms with Gasteiger partial charge in [0.05, 0.1) is 6.61 Å². The molecule has 2 rings (SSSR count). The third-order valence-corrected chi connectivity index (χ3v) is 4.96. The second kappa shape index (κ2) is 5.68. The fourth-order valence-corrected chi connectivity index (χ4v) is 3.49. The Morgan fingerprint density at radius 2 is 1.94 bits per heavy atom. The number of hydrogen-bond donors (Lipinski definition) is 2. The molecule has 0 aromatic heterocycles. The summed E-state index contributed by atoms with van der Waals surface area (Å²) in [5, 5.41) is 12.6. The number of nitrogens with one attached hydrogen (secondary N) is 1. The van der Waals surface area contributed by atoms with Gasteiger partial charge in [-0.3, -0.25) is 0 Å². The molecule has 0 aromatic rings. The Morgan fingerprint density at radius 3 is 2.47 bits per heavy atom. The maximum atomic E-state index is 9.33. The minimum absolute atomic E-state index is 0.0877. The van der Waals surface area contributed by atoms with Crippen molar-refractivity contribution in [1.29, 1.82) is 0 Å². The van der Waals surface area contributed by atoms with E-state index in [1.54, 1.807) is 0 Å². The number of rotatable bonds is 6. The monoisotopic (exact) mass is 240 g/mol. The van der Waals surface area contributed by atoms with Crippen molar-refractivity contribution in [1.82, 2.24) is 10.2 Å². The van der Waals surface area contributed by atoms with Gasteiger partial charge in [-0.05, 0) is 58.0 Å². The van der Waals surface area contributed by atoms with Crippen LogP contribution in [0.3, 0.4) is 0 Å². The van der Waals surface area contributed by atoms with E-state index in [1.165, 1.54) is 45.3 Å². The summed E-state index contributed by atoms with van der Waals surface area (Å²) in [6.45, 7) is 6.21. The Labute approximate surface area is 106 Å². The predicted octanol–water partition coefficient (Wildman–Crippen LogP) is 1.47. The molecule has 1 aliphatic heterocycles. The lowest BCUT2D eigenvalue weighted by atomic mass is 9.97. The van der Waals surface area contributed by atoms with Gasteiger partial charge in [-0.2, -0.15) is 0 Å². The van der Waals surface area contributed by atoms with Crippen LogP contribution in [0.2, 0.25) is 0 Å². The van der Waals surface area contributed by atoms with E-state index in [-0.39, 0.29) is 12.1 Å². The molecule has 17 heavy (non-hydrogen) atoms. The molecule has 1 saturated carbocycles. The molecule has 3 atom stereocenters. The van der Waals surface area contributed by atoms with Gasteiger partial charge in [0.1, 0.15) is 0 Å². The topological polar surface area (TPSA) is 35.5 Å². The molecule has 2 aliphatic rings. The van der Waals surface area contributed by atoms with E-state index in [1.807, 2.05) is 7.05 Å². The summed E-state index contributed by atoms with van der Waals surface area (Å²) in [6.07, 6.45) is 6.65. The molecule has 1 saturated heterocycles. The first-order valence-electron chi connectivity index (χ1n) is 7.19. The maximum Gasteiger partial charge on any atom is 0.0610 e. The standard InChI is InChI=1S/C14H28N2O/c1-14(11-17,15-2)7-4-8-16-9-12-5-3-6-13(12)10-16/h12-13,15,17H,3-11H2,1-2H3. The molecule has 0 bridgehead atoms. The number of likely N-dealkylation sites (N-methyl/N-ethyl adjacent to an activating group) is 1. The molecule has 3 unspecified atom stereocenters. The number of aliphatic hydroxyl groups is 1. The zero-order valence-electron chi connectivity index (χ0n) is 11.4.